The molecule has 0 spiro atoms. The second kappa shape index (κ2) is 16.7. The SMILES string of the molecule is CCCCCCCOc1ccc(-c2ncc(CCCCCCCCCC3CCCC3)cn2)cc1. The van der Waals surface area contributed by atoms with Crippen molar-refractivity contribution in [2.75, 3.05) is 6.61 Å². The fourth-order valence-electron chi connectivity index (χ4n) is 5.17. The Balaban J connectivity index is 1.23. The number of unbranched alkanes of at least 4 members (excludes halogenated alkanes) is 10. The van der Waals surface area contributed by atoms with E-state index in [1.165, 1.54) is 108 Å². The lowest BCUT2D eigenvalue weighted by Gasteiger charge is -2.08. The molecule has 0 radical (unpaired) electrons. The zero-order valence-corrected chi connectivity index (χ0v) is 21.8. The second-order valence-electron chi connectivity index (χ2n) is 10.4. The Morgan fingerprint density at radius 3 is 2.06 bits per heavy atom. The molecule has 1 aromatic heterocycles. The highest BCUT2D eigenvalue weighted by molar-refractivity contribution is 5.55. The molecule has 0 aliphatic heterocycles. The predicted octanol–water partition coefficient (Wildman–Crippen LogP) is 9.35. The van der Waals surface area contributed by atoms with Gasteiger partial charge < -0.3 is 4.74 Å². The van der Waals surface area contributed by atoms with Crippen molar-refractivity contribution in [2.24, 2.45) is 5.92 Å². The quantitative estimate of drug-likeness (QED) is 0.206. The van der Waals surface area contributed by atoms with Crippen LogP contribution in [-0.2, 0) is 6.42 Å². The van der Waals surface area contributed by atoms with Gasteiger partial charge in [0.1, 0.15) is 5.75 Å². The van der Waals surface area contributed by atoms with Crippen molar-refractivity contribution in [3.63, 3.8) is 0 Å². The summed E-state index contributed by atoms with van der Waals surface area (Å²) in [6.45, 7) is 3.05. The summed E-state index contributed by atoms with van der Waals surface area (Å²) in [5, 5.41) is 0. The van der Waals surface area contributed by atoms with Gasteiger partial charge in [0.05, 0.1) is 6.61 Å². The maximum Gasteiger partial charge on any atom is 0.159 e. The minimum absolute atomic E-state index is 0.799. The number of ether oxygens (including phenoxy) is 1. The fourth-order valence-corrected chi connectivity index (χ4v) is 5.17. The third-order valence-corrected chi connectivity index (χ3v) is 7.39. The Kier molecular flexibility index (Phi) is 13.1. The fraction of sp³-hybridized carbons (Fsp3) is 0.677. The maximum absolute atomic E-state index is 5.87. The molecule has 1 aliphatic rings. The molecule has 34 heavy (non-hydrogen) atoms. The third-order valence-electron chi connectivity index (χ3n) is 7.39. The Labute approximate surface area is 209 Å². The lowest BCUT2D eigenvalue weighted by Crippen LogP contribution is -1.97. The molecule has 3 rings (SSSR count). The molecule has 1 fully saturated rings. The largest absolute Gasteiger partial charge is 0.494 e. The molecule has 0 N–H and O–H groups in total. The second-order valence-corrected chi connectivity index (χ2v) is 10.4. The van der Waals surface area contributed by atoms with E-state index in [0.717, 1.165) is 42.5 Å². The van der Waals surface area contributed by atoms with Gasteiger partial charge in [-0.1, -0.05) is 103 Å². The van der Waals surface area contributed by atoms with Gasteiger partial charge in [0.15, 0.2) is 5.82 Å². The van der Waals surface area contributed by atoms with Crippen molar-refractivity contribution in [1.82, 2.24) is 9.97 Å². The van der Waals surface area contributed by atoms with Crippen LogP contribution in [0.3, 0.4) is 0 Å². The van der Waals surface area contributed by atoms with Gasteiger partial charge in [0, 0.05) is 18.0 Å². The van der Waals surface area contributed by atoms with Crippen LogP contribution in [0.25, 0.3) is 11.4 Å². The average Bonchev–Trinajstić information content (AvgIpc) is 3.39. The van der Waals surface area contributed by atoms with Gasteiger partial charge in [-0.05, 0) is 55.0 Å². The molecule has 0 saturated heterocycles. The number of benzene rings is 1. The van der Waals surface area contributed by atoms with Gasteiger partial charge in [-0.3, -0.25) is 0 Å². The van der Waals surface area contributed by atoms with Gasteiger partial charge in [0.2, 0.25) is 0 Å². The topological polar surface area (TPSA) is 35.0 Å². The lowest BCUT2D eigenvalue weighted by molar-refractivity contribution is 0.304. The van der Waals surface area contributed by atoms with Crippen molar-refractivity contribution >= 4 is 0 Å². The molecule has 1 aliphatic carbocycles. The van der Waals surface area contributed by atoms with Crippen molar-refractivity contribution < 1.29 is 4.74 Å². The summed E-state index contributed by atoms with van der Waals surface area (Å²) >= 11 is 0. The van der Waals surface area contributed by atoms with Crippen molar-refractivity contribution in [3.05, 3.63) is 42.2 Å². The molecule has 0 atom stereocenters. The van der Waals surface area contributed by atoms with Crippen LogP contribution in [0.5, 0.6) is 5.75 Å². The molecule has 3 heteroatoms. The van der Waals surface area contributed by atoms with Crippen molar-refractivity contribution in [3.8, 4) is 17.1 Å². The van der Waals surface area contributed by atoms with E-state index in [2.05, 4.69) is 29.0 Å². The first-order valence-electron chi connectivity index (χ1n) is 14.4. The number of hydrogen-bond acceptors (Lipinski definition) is 3. The molecule has 3 nitrogen and oxygen atoms in total. The summed E-state index contributed by atoms with van der Waals surface area (Å²) in [7, 11) is 0. The molecule has 1 saturated carbocycles. The van der Waals surface area contributed by atoms with Crippen LogP contribution < -0.4 is 4.74 Å². The average molecular weight is 465 g/mol. The zero-order valence-electron chi connectivity index (χ0n) is 21.8. The minimum Gasteiger partial charge on any atom is -0.494 e. The van der Waals surface area contributed by atoms with E-state index in [1.54, 1.807) is 0 Å². The van der Waals surface area contributed by atoms with E-state index < -0.39 is 0 Å². The number of rotatable bonds is 18. The maximum atomic E-state index is 5.87. The van der Waals surface area contributed by atoms with E-state index in [4.69, 9.17) is 4.74 Å². The first-order valence-corrected chi connectivity index (χ1v) is 14.4. The van der Waals surface area contributed by atoms with Gasteiger partial charge in [-0.2, -0.15) is 0 Å². The number of nitrogens with zero attached hydrogens (tertiary/aromatic N) is 2. The van der Waals surface area contributed by atoms with Crippen LogP contribution in [-0.4, -0.2) is 16.6 Å². The van der Waals surface area contributed by atoms with E-state index >= 15 is 0 Å². The molecule has 0 unspecified atom stereocenters. The summed E-state index contributed by atoms with van der Waals surface area (Å²) in [6, 6.07) is 8.20. The summed E-state index contributed by atoms with van der Waals surface area (Å²) in [5.41, 5.74) is 2.30. The Hall–Kier alpha value is -1.90. The Morgan fingerprint density at radius 2 is 1.35 bits per heavy atom. The number of aryl methyl sites for hydroxylation is 1. The van der Waals surface area contributed by atoms with Gasteiger partial charge in [0.25, 0.3) is 0 Å². The van der Waals surface area contributed by atoms with E-state index in [9.17, 15) is 0 Å². The number of hydrogen-bond donors (Lipinski definition) is 0. The standard InChI is InChI=1S/C31H48N2O/c1-2-3-4-10-15-24-34-30-22-20-29(21-23-30)31-32-25-28(26-33-31)19-12-9-7-5-6-8-11-16-27-17-13-14-18-27/h20-23,25-27H,2-19,24H2,1H3. The lowest BCUT2D eigenvalue weighted by atomic mass is 9.99. The molecular weight excluding hydrogens is 416 g/mol. The van der Waals surface area contributed by atoms with Crippen LogP contribution >= 0.6 is 0 Å². The normalized spacial score (nSPS) is 14.0. The van der Waals surface area contributed by atoms with Gasteiger partial charge >= 0.3 is 0 Å². The molecule has 188 valence electrons. The monoisotopic (exact) mass is 464 g/mol. The van der Waals surface area contributed by atoms with Crippen LogP contribution in [0, 0.1) is 5.92 Å². The van der Waals surface area contributed by atoms with Crippen LogP contribution in [0.4, 0.5) is 0 Å². The summed E-state index contributed by atoms with van der Waals surface area (Å²) in [4.78, 5) is 9.22. The van der Waals surface area contributed by atoms with Crippen LogP contribution in [0.1, 0.15) is 122 Å². The Bertz CT molecular complexity index is 750. The van der Waals surface area contributed by atoms with Crippen LogP contribution in [0.2, 0.25) is 0 Å². The van der Waals surface area contributed by atoms with Gasteiger partial charge in [-0.15, -0.1) is 0 Å². The smallest absolute Gasteiger partial charge is 0.159 e. The molecular formula is C31H48N2O. The molecule has 0 amide bonds. The van der Waals surface area contributed by atoms with Gasteiger partial charge in [-0.25, -0.2) is 9.97 Å². The number of aromatic nitrogens is 2. The van der Waals surface area contributed by atoms with Crippen LogP contribution in [0.15, 0.2) is 36.7 Å². The Morgan fingerprint density at radius 1 is 0.735 bits per heavy atom. The first kappa shape index (κ1) is 26.7. The predicted molar refractivity (Wildman–Crippen MR) is 144 cm³/mol. The molecule has 1 heterocycles. The third kappa shape index (κ3) is 10.6. The molecule has 1 aromatic carbocycles. The van der Waals surface area contributed by atoms with Crippen molar-refractivity contribution in [2.45, 2.75) is 122 Å². The minimum atomic E-state index is 0.799. The summed E-state index contributed by atoms with van der Waals surface area (Å²) in [5.74, 6) is 2.80. The zero-order chi connectivity index (χ0) is 23.7. The highest BCUT2D eigenvalue weighted by Crippen LogP contribution is 2.29. The highest BCUT2D eigenvalue weighted by atomic mass is 16.5. The van der Waals surface area contributed by atoms with Crippen molar-refractivity contribution in [1.29, 1.82) is 0 Å². The molecule has 0 bridgehead atoms. The summed E-state index contributed by atoms with van der Waals surface area (Å²) in [6.07, 6.45) is 28.6. The summed E-state index contributed by atoms with van der Waals surface area (Å²) < 4.78 is 5.87. The first-order chi connectivity index (χ1) is 16.8. The highest BCUT2D eigenvalue weighted by Gasteiger charge is 2.13. The van der Waals surface area contributed by atoms with E-state index in [1.807, 2.05) is 24.5 Å². The molecule has 2 aromatic rings. The van der Waals surface area contributed by atoms with E-state index in [-0.39, 0.29) is 0 Å². The van der Waals surface area contributed by atoms with E-state index in [0.29, 0.717) is 0 Å².